The van der Waals surface area contributed by atoms with Crippen LogP contribution in [0.25, 0.3) is 0 Å². The number of nitrogens with zero attached hydrogens (tertiary/aromatic N) is 1. The molecule has 0 amide bonds. The molecule has 0 radical (unpaired) electrons. The van der Waals surface area contributed by atoms with Crippen LogP contribution in [-0.2, 0) is 0 Å². The third kappa shape index (κ3) is 2.85. The van der Waals surface area contributed by atoms with Crippen LogP contribution in [0.3, 0.4) is 0 Å². The van der Waals surface area contributed by atoms with E-state index in [0.717, 1.165) is 17.9 Å². The number of rotatable bonds is 2. The summed E-state index contributed by atoms with van der Waals surface area (Å²) in [6, 6.07) is 1.16. The number of hydrogen-bond acceptors (Lipinski definition) is 2. The maximum Gasteiger partial charge on any atom is 0.0131 e. The first kappa shape index (κ1) is 13.4. The van der Waals surface area contributed by atoms with Crippen LogP contribution < -0.4 is 5.73 Å². The SMILES string of the molecule is CC1CCN(CC2CCC(C)(C)C2N)C(C)C1. The molecule has 2 rings (SSSR count). The van der Waals surface area contributed by atoms with Crippen molar-refractivity contribution in [2.45, 2.75) is 65.5 Å². The predicted octanol–water partition coefficient (Wildman–Crippen LogP) is 2.87. The quantitative estimate of drug-likeness (QED) is 0.801. The molecule has 2 heteroatoms. The van der Waals surface area contributed by atoms with Gasteiger partial charge in [0.25, 0.3) is 0 Å². The van der Waals surface area contributed by atoms with E-state index >= 15 is 0 Å². The molecule has 4 atom stereocenters. The molecule has 1 aliphatic carbocycles. The molecule has 1 saturated carbocycles. The minimum Gasteiger partial charge on any atom is -0.327 e. The van der Waals surface area contributed by atoms with Gasteiger partial charge in [-0.05, 0) is 56.4 Å². The van der Waals surface area contributed by atoms with E-state index in [4.69, 9.17) is 5.73 Å². The van der Waals surface area contributed by atoms with Crippen molar-refractivity contribution >= 4 is 0 Å². The van der Waals surface area contributed by atoms with Crippen molar-refractivity contribution < 1.29 is 0 Å². The third-order valence-corrected chi connectivity index (χ3v) is 5.31. The van der Waals surface area contributed by atoms with Crippen molar-refractivity contribution in [3.05, 3.63) is 0 Å². The molecule has 0 spiro atoms. The molecule has 4 unspecified atom stereocenters. The highest BCUT2D eigenvalue weighted by molar-refractivity contribution is 4.96. The van der Waals surface area contributed by atoms with Gasteiger partial charge in [-0.1, -0.05) is 20.8 Å². The van der Waals surface area contributed by atoms with Gasteiger partial charge in [0.05, 0.1) is 0 Å². The zero-order valence-electron chi connectivity index (χ0n) is 12.1. The fourth-order valence-corrected chi connectivity index (χ4v) is 3.77. The van der Waals surface area contributed by atoms with Crippen LogP contribution in [0, 0.1) is 17.3 Å². The maximum atomic E-state index is 6.42. The van der Waals surface area contributed by atoms with Gasteiger partial charge in [0.2, 0.25) is 0 Å². The van der Waals surface area contributed by atoms with E-state index in [2.05, 4.69) is 32.6 Å². The average Bonchev–Trinajstić information content (AvgIpc) is 2.49. The molecule has 2 N–H and O–H groups in total. The van der Waals surface area contributed by atoms with Crippen LogP contribution in [0.15, 0.2) is 0 Å². The van der Waals surface area contributed by atoms with Gasteiger partial charge in [0, 0.05) is 18.6 Å². The Bertz CT molecular complexity index is 262. The van der Waals surface area contributed by atoms with Gasteiger partial charge >= 0.3 is 0 Å². The Labute approximate surface area is 107 Å². The molecular formula is C15H30N2. The molecule has 0 aromatic heterocycles. The van der Waals surface area contributed by atoms with Gasteiger partial charge < -0.3 is 10.6 Å². The maximum absolute atomic E-state index is 6.42. The molecule has 0 aromatic rings. The molecule has 1 aliphatic heterocycles. The Kier molecular flexibility index (Phi) is 3.84. The van der Waals surface area contributed by atoms with Gasteiger partial charge in [-0.25, -0.2) is 0 Å². The molecular weight excluding hydrogens is 208 g/mol. The van der Waals surface area contributed by atoms with E-state index in [1.165, 1.54) is 38.8 Å². The Morgan fingerprint density at radius 1 is 1.24 bits per heavy atom. The van der Waals surface area contributed by atoms with Crippen molar-refractivity contribution in [1.82, 2.24) is 4.90 Å². The summed E-state index contributed by atoms with van der Waals surface area (Å²) in [6.07, 6.45) is 5.37. The van der Waals surface area contributed by atoms with Crippen LogP contribution in [0.2, 0.25) is 0 Å². The number of hydrogen-bond donors (Lipinski definition) is 1. The summed E-state index contributed by atoms with van der Waals surface area (Å²) < 4.78 is 0. The minimum atomic E-state index is 0.358. The van der Waals surface area contributed by atoms with Crippen LogP contribution >= 0.6 is 0 Å². The van der Waals surface area contributed by atoms with E-state index in [1.54, 1.807) is 0 Å². The molecule has 0 aromatic carbocycles. The molecule has 0 bridgehead atoms. The lowest BCUT2D eigenvalue weighted by molar-refractivity contribution is 0.103. The van der Waals surface area contributed by atoms with Crippen LogP contribution in [0.1, 0.15) is 53.4 Å². The number of likely N-dealkylation sites (tertiary alicyclic amines) is 1. The first-order valence-electron chi connectivity index (χ1n) is 7.40. The zero-order valence-corrected chi connectivity index (χ0v) is 12.1. The standard InChI is InChI=1S/C15H30N2/c1-11-6-8-17(12(2)9-11)10-13-5-7-15(3,4)14(13)16/h11-14H,5-10,16H2,1-4H3. The average molecular weight is 238 g/mol. The van der Waals surface area contributed by atoms with Crippen LogP contribution in [-0.4, -0.2) is 30.1 Å². The third-order valence-electron chi connectivity index (χ3n) is 5.31. The minimum absolute atomic E-state index is 0.358. The summed E-state index contributed by atoms with van der Waals surface area (Å²) in [4.78, 5) is 2.69. The van der Waals surface area contributed by atoms with Gasteiger partial charge in [0.1, 0.15) is 0 Å². The summed E-state index contributed by atoms with van der Waals surface area (Å²) in [5.74, 6) is 1.63. The second kappa shape index (κ2) is 4.89. The smallest absolute Gasteiger partial charge is 0.0131 e. The highest BCUT2D eigenvalue weighted by Gasteiger charge is 2.40. The largest absolute Gasteiger partial charge is 0.327 e. The van der Waals surface area contributed by atoms with Crippen molar-refractivity contribution in [3.63, 3.8) is 0 Å². The van der Waals surface area contributed by atoms with Crippen LogP contribution in [0.4, 0.5) is 0 Å². The summed E-state index contributed by atoms with van der Waals surface area (Å²) in [5.41, 5.74) is 6.78. The topological polar surface area (TPSA) is 29.3 Å². The first-order chi connectivity index (χ1) is 7.90. The molecule has 17 heavy (non-hydrogen) atoms. The molecule has 100 valence electrons. The monoisotopic (exact) mass is 238 g/mol. The van der Waals surface area contributed by atoms with Gasteiger partial charge in [-0.2, -0.15) is 0 Å². The fourth-order valence-electron chi connectivity index (χ4n) is 3.77. The summed E-state index contributed by atoms with van der Waals surface area (Å²) in [6.45, 7) is 12.0. The first-order valence-corrected chi connectivity index (χ1v) is 7.40. The Balaban J connectivity index is 1.89. The molecule has 1 saturated heterocycles. The van der Waals surface area contributed by atoms with Gasteiger partial charge in [-0.15, -0.1) is 0 Å². The van der Waals surface area contributed by atoms with E-state index < -0.39 is 0 Å². The molecule has 2 nitrogen and oxygen atoms in total. The lowest BCUT2D eigenvalue weighted by Gasteiger charge is -2.39. The van der Waals surface area contributed by atoms with E-state index in [-0.39, 0.29) is 0 Å². The molecule has 2 fully saturated rings. The highest BCUT2D eigenvalue weighted by Crippen LogP contribution is 2.40. The van der Waals surface area contributed by atoms with E-state index in [9.17, 15) is 0 Å². The molecule has 2 aliphatic rings. The van der Waals surface area contributed by atoms with E-state index in [0.29, 0.717) is 11.5 Å². The highest BCUT2D eigenvalue weighted by atomic mass is 15.2. The zero-order chi connectivity index (χ0) is 12.6. The lowest BCUT2D eigenvalue weighted by Crippen LogP contribution is -2.47. The molecule has 1 heterocycles. The lowest BCUT2D eigenvalue weighted by atomic mass is 9.85. The number of nitrogens with two attached hydrogens (primary N) is 1. The van der Waals surface area contributed by atoms with Crippen molar-refractivity contribution in [1.29, 1.82) is 0 Å². The van der Waals surface area contributed by atoms with Crippen molar-refractivity contribution in [2.75, 3.05) is 13.1 Å². The normalized spacial score (nSPS) is 42.9. The summed E-state index contributed by atoms with van der Waals surface area (Å²) in [7, 11) is 0. The predicted molar refractivity (Wildman–Crippen MR) is 73.9 cm³/mol. The Morgan fingerprint density at radius 3 is 2.47 bits per heavy atom. The Morgan fingerprint density at radius 2 is 1.94 bits per heavy atom. The summed E-state index contributed by atoms with van der Waals surface area (Å²) in [5, 5.41) is 0. The van der Waals surface area contributed by atoms with E-state index in [1.807, 2.05) is 0 Å². The summed E-state index contributed by atoms with van der Waals surface area (Å²) >= 11 is 0. The van der Waals surface area contributed by atoms with Crippen molar-refractivity contribution in [3.8, 4) is 0 Å². The number of piperidine rings is 1. The second-order valence-corrected chi connectivity index (χ2v) is 7.29. The second-order valence-electron chi connectivity index (χ2n) is 7.29. The fraction of sp³-hybridized carbons (Fsp3) is 1.00. The Hall–Kier alpha value is -0.0800. The van der Waals surface area contributed by atoms with Gasteiger partial charge in [-0.3, -0.25) is 0 Å². The van der Waals surface area contributed by atoms with Crippen LogP contribution in [0.5, 0.6) is 0 Å². The van der Waals surface area contributed by atoms with Crippen molar-refractivity contribution in [2.24, 2.45) is 23.0 Å². The van der Waals surface area contributed by atoms with Gasteiger partial charge in [0.15, 0.2) is 0 Å².